The molecule has 1 amide bonds. The van der Waals surface area contributed by atoms with E-state index in [1.807, 2.05) is 38.1 Å². The van der Waals surface area contributed by atoms with E-state index in [1.165, 1.54) is 7.11 Å². The highest BCUT2D eigenvalue weighted by atomic mass is 35.5. The third kappa shape index (κ3) is 5.19. The Labute approximate surface area is 132 Å². The molecule has 1 aromatic carbocycles. The average Bonchev–Trinajstić information content (AvgIpc) is 2.48. The number of carbonyl (C=O) groups is 1. The molecule has 0 aliphatic heterocycles. The summed E-state index contributed by atoms with van der Waals surface area (Å²) in [6.07, 6.45) is 0. The number of carbonyl (C=O) groups excluding carboxylic acids is 1. The quantitative estimate of drug-likeness (QED) is 0.835. The maximum Gasteiger partial charge on any atom is 0.242 e. The van der Waals surface area contributed by atoms with Gasteiger partial charge in [0.1, 0.15) is 11.8 Å². The van der Waals surface area contributed by atoms with Crippen molar-refractivity contribution in [2.24, 2.45) is 5.73 Å². The van der Waals surface area contributed by atoms with E-state index in [0.717, 1.165) is 11.3 Å². The van der Waals surface area contributed by atoms with Crippen LogP contribution >= 0.6 is 12.4 Å². The summed E-state index contributed by atoms with van der Waals surface area (Å²) >= 11 is 0. The molecule has 1 aromatic rings. The number of likely N-dealkylation sites (N-methyl/N-ethyl adjacent to an activating group) is 1. The topological polar surface area (TPSA) is 64.8 Å². The zero-order valence-corrected chi connectivity index (χ0v) is 13.9. The number of halogens is 1. The van der Waals surface area contributed by atoms with Crippen LogP contribution in [0.2, 0.25) is 0 Å². The van der Waals surface area contributed by atoms with Crippen LogP contribution in [-0.2, 0) is 9.53 Å². The summed E-state index contributed by atoms with van der Waals surface area (Å²) in [5, 5.41) is 0. The number of ether oxygens (including phenoxy) is 2. The first-order chi connectivity index (χ1) is 9.54. The molecule has 0 aliphatic rings. The van der Waals surface area contributed by atoms with Gasteiger partial charge in [-0.3, -0.25) is 4.79 Å². The second kappa shape index (κ2) is 9.60. The fourth-order valence-electron chi connectivity index (χ4n) is 2.17. The summed E-state index contributed by atoms with van der Waals surface area (Å²) in [6.45, 7) is 4.73. The van der Waals surface area contributed by atoms with E-state index in [0.29, 0.717) is 6.54 Å². The lowest BCUT2D eigenvalue weighted by molar-refractivity contribution is -0.135. The molecular weight excluding hydrogens is 292 g/mol. The van der Waals surface area contributed by atoms with Crippen molar-refractivity contribution in [2.75, 3.05) is 27.4 Å². The predicted octanol–water partition coefficient (Wildman–Crippen LogP) is 2.00. The molecule has 0 heterocycles. The summed E-state index contributed by atoms with van der Waals surface area (Å²) in [6, 6.07) is 7.01. The maximum atomic E-state index is 12.3. The summed E-state index contributed by atoms with van der Waals surface area (Å²) in [5.74, 6) is 0.670. The molecule has 0 spiro atoms. The summed E-state index contributed by atoms with van der Waals surface area (Å²) in [7, 11) is 3.16. The minimum Gasteiger partial charge on any atom is -0.497 e. The van der Waals surface area contributed by atoms with Crippen LogP contribution in [0.1, 0.15) is 25.5 Å². The molecule has 0 fully saturated rings. The monoisotopic (exact) mass is 316 g/mol. The van der Waals surface area contributed by atoms with E-state index in [1.54, 1.807) is 12.0 Å². The fourth-order valence-corrected chi connectivity index (χ4v) is 2.17. The van der Waals surface area contributed by atoms with Gasteiger partial charge in [0.05, 0.1) is 19.8 Å². The lowest BCUT2D eigenvalue weighted by atomic mass is 10.1. The van der Waals surface area contributed by atoms with Gasteiger partial charge in [-0.25, -0.2) is 0 Å². The number of hydrogen-bond donors (Lipinski definition) is 1. The van der Waals surface area contributed by atoms with Gasteiger partial charge >= 0.3 is 0 Å². The Balaban J connectivity index is 0.00000400. The lowest BCUT2D eigenvalue weighted by Gasteiger charge is -2.30. The van der Waals surface area contributed by atoms with E-state index in [4.69, 9.17) is 15.2 Å². The first-order valence-corrected chi connectivity index (χ1v) is 6.74. The Morgan fingerprint density at radius 1 is 1.38 bits per heavy atom. The van der Waals surface area contributed by atoms with Crippen LogP contribution in [0.4, 0.5) is 0 Å². The molecule has 0 aliphatic carbocycles. The van der Waals surface area contributed by atoms with Crippen LogP contribution < -0.4 is 10.5 Å². The van der Waals surface area contributed by atoms with E-state index < -0.39 is 6.04 Å². The third-order valence-corrected chi connectivity index (χ3v) is 3.33. The molecule has 1 rings (SSSR count). The molecule has 120 valence electrons. The van der Waals surface area contributed by atoms with E-state index >= 15 is 0 Å². The van der Waals surface area contributed by atoms with E-state index in [-0.39, 0.29) is 31.0 Å². The molecular formula is C15H25ClN2O3. The van der Waals surface area contributed by atoms with Crippen molar-refractivity contribution in [2.45, 2.75) is 25.9 Å². The molecule has 2 unspecified atom stereocenters. The van der Waals surface area contributed by atoms with E-state index in [9.17, 15) is 4.79 Å². The van der Waals surface area contributed by atoms with Crippen molar-refractivity contribution in [3.8, 4) is 5.75 Å². The molecule has 2 N–H and O–H groups in total. The average molecular weight is 317 g/mol. The molecule has 6 heteroatoms. The summed E-state index contributed by atoms with van der Waals surface area (Å²) in [4.78, 5) is 14.1. The van der Waals surface area contributed by atoms with Crippen molar-refractivity contribution in [1.29, 1.82) is 0 Å². The third-order valence-electron chi connectivity index (χ3n) is 3.33. The van der Waals surface area contributed by atoms with Crippen molar-refractivity contribution in [1.82, 2.24) is 4.90 Å². The van der Waals surface area contributed by atoms with Gasteiger partial charge in [-0.15, -0.1) is 12.4 Å². The number of hydrogen-bond acceptors (Lipinski definition) is 4. The standard InChI is InChI=1S/C15H24N2O3.ClH/c1-5-17(15(18)14(16)10-19-3)11(2)12-7-6-8-13(9-12)20-4;/h6-9,11,14H,5,10,16H2,1-4H3;1H. The van der Waals surface area contributed by atoms with Crippen LogP contribution in [-0.4, -0.2) is 44.2 Å². The smallest absolute Gasteiger partial charge is 0.242 e. The minimum absolute atomic E-state index is 0. The Kier molecular flexibility index (Phi) is 9.01. The number of methoxy groups -OCH3 is 2. The molecule has 0 bridgehead atoms. The van der Waals surface area contributed by atoms with Crippen molar-refractivity contribution < 1.29 is 14.3 Å². The number of nitrogens with zero attached hydrogens (tertiary/aromatic N) is 1. The normalized spacial score (nSPS) is 13.0. The molecule has 21 heavy (non-hydrogen) atoms. The van der Waals surface area contributed by atoms with E-state index in [2.05, 4.69) is 0 Å². The van der Waals surface area contributed by atoms with Gasteiger partial charge in [0.2, 0.25) is 5.91 Å². The number of nitrogens with two attached hydrogens (primary N) is 1. The van der Waals surface area contributed by atoms with Crippen LogP contribution in [0, 0.1) is 0 Å². The predicted molar refractivity (Wildman–Crippen MR) is 85.9 cm³/mol. The minimum atomic E-state index is -0.631. The highest BCUT2D eigenvalue weighted by molar-refractivity contribution is 5.85. The number of amides is 1. The second-order valence-electron chi connectivity index (χ2n) is 4.64. The Bertz CT molecular complexity index is 443. The van der Waals surface area contributed by atoms with Crippen LogP contribution in [0.15, 0.2) is 24.3 Å². The van der Waals surface area contributed by atoms with Gasteiger partial charge in [-0.2, -0.15) is 0 Å². The SMILES string of the molecule is CCN(C(=O)C(N)COC)C(C)c1cccc(OC)c1.Cl. The largest absolute Gasteiger partial charge is 0.497 e. The molecule has 2 atom stereocenters. The van der Waals surface area contributed by atoms with Gasteiger partial charge in [-0.05, 0) is 31.5 Å². The van der Waals surface area contributed by atoms with Crippen LogP contribution in [0.3, 0.4) is 0 Å². The Hall–Kier alpha value is -1.30. The highest BCUT2D eigenvalue weighted by Crippen LogP contribution is 2.24. The fraction of sp³-hybridized carbons (Fsp3) is 0.533. The molecule has 0 radical (unpaired) electrons. The first-order valence-electron chi connectivity index (χ1n) is 6.74. The lowest BCUT2D eigenvalue weighted by Crippen LogP contribution is -2.46. The Morgan fingerprint density at radius 2 is 2.05 bits per heavy atom. The highest BCUT2D eigenvalue weighted by Gasteiger charge is 2.25. The van der Waals surface area contributed by atoms with Crippen molar-refractivity contribution in [3.63, 3.8) is 0 Å². The molecule has 0 saturated heterocycles. The van der Waals surface area contributed by atoms with Gasteiger partial charge in [0.25, 0.3) is 0 Å². The summed E-state index contributed by atoms with van der Waals surface area (Å²) < 4.78 is 10.2. The number of benzene rings is 1. The zero-order chi connectivity index (χ0) is 15.1. The van der Waals surface area contributed by atoms with Gasteiger partial charge in [0.15, 0.2) is 0 Å². The first kappa shape index (κ1) is 19.7. The molecule has 0 saturated carbocycles. The maximum absolute atomic E-state index is 12.3. The van der Waals surface area contributed by atoms with Crippen LogP contribution in [0.5, 0.6) is 5.75 Å². The van der Waals surface area contributed by atoms with Crippen LogP contribution in [0.25, 0.3) is 0 Å². The molecule has 0 aromatic heterocycles. The van der Waals surface area contributed by atoms with Gasteiger partial charge < -0.3 is 20.1 Å². The summed E-state index contributed by atoms with van der Waals surface area (Å²) in [5.41, 5.74) is 6.85. The Morgan fingerprint density at radius 3 is 2.57 bits per heavy atom. The van der Waals surface area contributed by atoms with Gasteiger partial charge in [0, 0.05) is 13.7 Å². The molecule has 5 nitrogen and oxygen atoms in total. The van der Waals surface area contributed by atoms with Gasteiger partial charge in [-0.1, -0.05) is 12.1 Å². The zero-order valence-electron chi connectivity index (χ0n) is 13.0. The number of rotatable bonds is 7. The second-order valence-corrected chi connectivity index (χ2v) is 4.64. The van der Waals surface area contributed by atoms with Crippen molar-refractivity contribution in [3.05, 3.63) is 29.8 Å². The van der Waals surface area contributed by atoms with Crippen molar-refractivity contribution >= 4 is 18.3 Å².